The summed E-state index contributed by atoms with van der Waals surface area (Å²) in [5.74, 6) is 0.00989. The molecule has 2 saturated heterocycles. The number of piperidine rings is 1. The summed E-state index contributed by atoms with van der Waals surface area (Å²) in [5.41, 5.74) is 1.65. The van der Waals surface area contributed by atoms with Crippen molar-refractivity contribution in [2.45, 2.75) is 63.5 Å². The molecule has 2 fully saturated rings. The third kappa shape index (κ3) is 7.45. The number of carbonyl (C=O) groups excluding carboxylic acids is 2. The Labute approximate surface area is 231 Å². The van der Waals surface area contributed by atoms with Crippen LogP contribution in [-0.4, -0.2) is 73.9 Å². The largest absolute Gasteiger partial charge is 0.371 e. The summed E-state index contributed by atoms with van der Waals surface area (Å²) in [4.78, 5) is 26.4. The van der Waals surface area contributed by atoms with Gasteiger partial charge in [-0.25, -0.2) is 8.42 Å². The molecule has 2 aromatic carbocycles. The van der Waals surface area contributed by atoms with Gasteiger partial charge in [0.25, 0.3) is 0 Å². The number of aryl methyl sites for hydroxylation is 1. The minimum Gasteiger partial charge on any atom is -0.371 e. The summed E-state index contributed by atoms with van der Waals surface area (Å²) in [7, 11) is -3.71. The fraction of sp³-hybridized carbons (Fsp3) is 0.517. The maximum Gasteiger partial charge on any atom is 0.243 e. The molecule has 9 nitrogen and oxygen atoms in total. The van der Waals surface area contributed by atoms with Gasteiger partial charge in [-0.3, -0.25) is 14.5 Å². The van der Waals surface area contributed by atoms with E-state index >= 15 is 0 Å². The van der Waals surface area contributed by atoms with E-state index in [9.17, 15) is 18.0 Å². The van der Waals surface area contributed by atoms with E-state index in [2.05, 4.69) is 24.5 Å². The number of carbonyl (C=O) groups is 2. The SMILES string of the molecule is CC(=O)Nc1ccc(NC(=O)CN2CCCC3(C2)CN(S(=O)(=O)c2ccc(C)cc2)[C@@H](CC(C)C)CO3)cc1. The van der Waals surface area contributed by atoms with E-state index in [1.165, 1.54) is 6.92 Å². The van der Waals surface area contributed by atoms with E-state index in [-0.39, 0.29) is 30.9 Å². The van der Waals surface area contributed by atoms with Crippen molar-refractivity contribution >= 4 is 33.2 Å². The Kier molecular flexibility index (Phi) is 9.10. The molecule has 2 amide bonds. The van der Waals surface area contributed by atoms with Crippen molar-refractivity contribution in [1.82, 2.24) is 9.21 Å². The zero-order valence-electron chi connectivity index (χ0n) is 23.3. The predicted octanol–water partition coefficient (Wildman–Crippen LogP) is 3.86. The molecule has 2 heterocycles. The molecule has 2 atom stereocenters. The molecule has 1 unspecified atom stereocenters. The van der Waals surface area contributed by atoms with Crippen LogP contribution in [0.25, 0.3) is 0 Å². The number of benzene rings is 2. The van der Waals surface area contributed by atoms with Gasteiger partial charge in [-0.2, -0.15) is 4.31 Å². The molecular formula is C29H40N4O5S. The van der Waals surface area contributed by atoms with E-state index in [0.717, 1.165) is 24.9 Å². The lowest BCUT2D eigenvalue weighted by molar-refractivity contribution is -0.146. The summed E-state index contributed by atoms with van der Waals surface area (Å²) in [6.45, 7) is 9.57. The smallest absolute Gasteiger partial charge is 0.243 e. The van der Waals surface area contributed by atoms with Crippen molar-refractivity contribution in [2.75, 3.05) is 43.4 Å². The van der Waals surface area contributed by atoms with Crippen LogP contribution in [0.3, 0.4) is 0 Å². The first-order chi connectivity index (χ1) is 18.5. The van der Waals surface area contributed by atoms with Crippen LogP contribution in [0.2, 0.25) is 0 Å². The maximum absolute atomic E-state index is 13.8. The highest BCUT2D eigenvalue weighted by molar-refractivity contribution is 7.89. The highest BCUT2D eigenvalue weighted by Crippen LogP contribution is 2.35. The van der Waals surface area contributed by atoms with Gasteiger partial charge in [0.15, 0.2) is 0 Å². The lowest BCUT2D eigenvalue weighted by atomic mass is 9.89. The lowest BCUT2D eigenvalue weighted by Crippen LogP contribution is -2.64. The van der Waals surface area contributed by atoms with Crippen molar-refractivity contribution in [3.05, 3.63) is 54.1 Å². The summed E-state index contributed by atoms with van der Waals surface area (Å²) >= 11 is 0. The van der Waals surface area contributed by atoms with E-state index in [1.54, 1.807) is 40.7 Å². The van der Waals surface area contributed by atoms with Gasteiger partial charge in [0.2, 0.25) is 21.8 Å². The molecule has 39 heavy (non-hydrogen) atoms. The maximum atomic E-state index is 13.8. The number of rotatable bonds is 8. The molecule has 2 aromatic rings. The minimum atomic E-state index is -3.71. The molecular weight excluding hydrogens is 516 g/mol. The van der Waals surface area contributed by atoms with Crippen molar-refractivity contribution in [3.63, 3.8) is 0 Å². The highest BCUT2D eigenvalue weighted by atomic mass is 32.2. The van der Waals surface area contributed by atoms with Crippen molar-refractivity contribution in [2.24, 2.45) is 5.92 Å². The Bertz CT molecular complexity index is 1260. The van der Waals surface area contributed by atoms with Gasteiger partial charge in [-0.1, -0.05) is 31.5 Å². The van der Waals surface area contributed by atoms with Gasteiger partial charge in [0.05, 0.1) is 23.6 Å². The van der Waals surface area contributed by atoms with Crippen LogP contribution in [-0.2, 0) is 24.3 Å². The van der Waals surface area contributed by atoms with Gasteiger partial charge in [-0.05, 0) is 75.0 Å². The van der Waals surface area contributed by atoms with Crippen LogP contribution < -0.4 is 10.6 Å². The van der Waals surface area contributed by atoms with Crippen molar-refractivity contribution < 1.29 is 22.7 Å². The zero-order chi connectivity index (χ0) is 28.2. The van der Waals surface area contributed by atoms with Gasteiger partial charge >= 0.3 is 0 Å². The molecule has 2 aliphatic rings. The Morgan fingerprint density at radius 1 is 1.03 bits per heavy atom. The Morgan fingerprint density at radius 3 is 2.28 bits per heavy atom. The van der Waals surface area contributed by atoms with E-state index in [1.807, 2.05) is 24.0 Å². The first-order valence-electron chi connectivity index (χ1n) is 13.6. The monoisotopic (exact) mass is 556 g/mol. The van der Waals surface area contributed by atoms with E-state index in [0.29, 0.717) is 41.8 Å². The van der Waals surface area contributed by atoms with Crippen LogP contribution in [0, 0.1) is 12.8 Å². The van der Waals surface area contributed by atoms with Crippen LogP contribution in [0.1, 0.15) is 45.6 Å². The molecule has 0 bridgehead atoms. The summed E-state index contributed by atoms with van der Waals surface area (Å²) in [5, 5.41) is 5.61. The average Bonchev–Trinajstić information content (AvgIpc) is 2.86. The van der Waals surface area contributed by atoms with Crippen molar-refractivity contribution in [3.8, 4) is 0 Å². The number of nitrogens with one attached hydrogen (secondary N) is 2. The van der Waals surface area contributed by atoms with Gasteiger partial charge in [-0.15, -0.1) is 0 Å². The summed E-state index contributed by atoms with van der Waals surface area (Å²) < 4.78 is 35.8. The second-order valence-corrected chi connectivity index (χ2v) is 13.2. The number of sulfonamides is 1. The molecule has 0 radical (unpaired) electrons. The highest BCUT2D eigenvalue weighted by Gasteiger charge is 2.47. The van der Waals surface area contributed by atoms with E-state index in [4.69, 9.17) is 4.74 Å². The van der Waals surface area contributed by atoms with Gasteiger partial charge in [0, 0.05) is 37.4 Å². The number of ether oxygens (including phenoxy) is 1. The summed E-state index contributed by atoms with van der Waals surface area (Å²) in [6.07, 6.45) is 2.27. The number of amides is 2. The standard InChI is InChI=1S/C29H40N4O5S/c1-21(2)16-26-18-38-29(20-33(26)39(36,37)27-12-6-22(3)7-13-27)14-5-15-32(19-29)17-28(35)31-25-10-8-24(9-11-25)30-23(4)34/h6-13,21,26H,5,14-20H2,1-4H3,(H,30,34)(H,31,35)/t26-,29?/m0/s1. The second-order valence-electron chi connectivity index (χ2n) is 11.3. The number of hydrogen-bond acceptors (Lipinski definition) is 6. The normalized spacial score (nSPS) is 22.6. The lowest BCUT2D eigenvalue weighted by Gasteiger charge is -2.50. The zero-order valence-corrected chi connectivity index (χ0v) is 24.1. The first-order valence-corrected chi connectivity index (χ1v) is 15.0. The van der Waals surface area contributed by atoms with E-state index < -0.39 is 15.6 Å². The fourth-order valence-corrected chi connectivity index (χ4v) is 7.18. The minimum absolute atomic E-state index is 0.156. The number of hydrogen-bond donors (Lipinski definition) is 2. The molecule has 2 aliphatic heterocycles. The predicted molar refractivity (Wildman–Crippen MR) is 152 cm³/mol. The van der Waals surface area contributed by atoms with Crippen LogP contribution in [0.5, 0.6) is 0 Å². The van der Waals surface area contributed by atoms with Crippen LogP contribution >= 0.6 is 0 Å². The summed E-state index contributed by atoms with van der Waals surface area (Å²) in [6, 6.07) is 13.7. The topological polar surface area (TPSA) is 108 Å². The van der Waals surface area contributed by atoms with Crippen LogP contribution in [0.15, 0.2) is 53.4 Å². The Hall–Kier alpha value is -2.79. The molecule has 0 saturated carbocycles. The number of nitrogens with zero attached hydrogens (tertiary/aromatic N) is 2. The molecule has 4 rings (SSSR count). The molecule has 10 heteroatoms. The first kappa shape index (κ1) is 29.2. The molecule has 212 valence electrons. The van der Waals surface area contributed by atoms with Gasteiger partial charge in [0.1, 0.15) is 0 Å². The average molecular weight is 557 g/mol. The fourth-order valence-electron chi connectivity index (χ4n) is 5.49. The molecule has 0 aromatic heterocycles. The number of likely N-dealkylation sites (tertiary alicyclic amines) is 1. The Balaban J connectivity index is 1.45. The van der Waals surface area contributed by atoms with Crippen LogP contribution in [0.4, 0.5) is 11.4 Å². The Morgan fingerprint density at radius 2 is 1.67 bits per heavy atom. The molecule has 2 N–H and O–H groups in total. The number of morpholine rings is 1. The molecule has 0 aliphatic carbocycles. The quantitative estimate of drug-likeness (QED) is 0.511. The van der Waals surface area contributed by atoms with Crippen molar-refractivity contribution in [1.29, 1.82) is 0 Å². The van der Waals surface area contributed by atoms with Gasteiger partial charge < -0.3 is 15.4 Å². The molecule has 1 spiro atoms. The third-order valence-corrected chi connectivity index (χ3v) is 9.19. The second kappa shape index (κ2) is 12.2. The third-order valence-electron chi connectivity index (χ3n) is 7.28. The number of anilines is 2.